The predicted molar refractivity (Wildman–Crippen MR) is 149 cm³/mol. The number of ether oxygens (including phenoxy) is 2. The molecule has 0 unspecified atom stereocenters. The number of hydrogen-bond acceptors (Lipinski definition) is 5. The summed E-state index contributed by atoms with van der Waals surface area (Å²) < 4.78 is 11.7. The van der Waals surface area contributed by atoms with E-state index < -0.39 is 5.97 Å². The fourth-order valence-corrected chi connectivity index (χ4v) is 6.48. The van der Waals surface area contributed by atoms with Gasteiger partial charge in [0.05, 0.1) is 12.0 Å². The highest BCUT2D eigenvalue weighted by atomic mass is 16.5. The fourth-order valence-electron chi connectivity index (χ4n) is 6.48. The van der Waals surface area contributed by atoms with Crippen LogP contribution in [-0.4, -0.2) is 41.0 Å². The smallest absolute Gasteiger partial charge is 0.341 e. The van der Waals surface area contributed by atoms with Gasteiger partial charge < -0.3 is 19.7 Å². The Morgan fingerprint density at radius 1 is 1.03 bits per heavy atom. The molecular formula is C32H50O6. The molecule has 0 radical (unpaired) electrons. The monoisotopic (exact) mass is 530 g/mol. The Morgan fingerprint density at radius 3 is 2.47 bits per heavy atom. The van der Waals surface area contributed by atoms with E-state index >= 15 is 0 Å². The van der Waals surface area contributed by atoms with Crippen LogP contribution in [0.1, 0.15) is 109 Å². The molecule has 0 spiro atoms. The average Bonchev–Trinajstić information content (AvgIpc) is 3.23. The van der Waals surface area contributed by atoms with E-state index in [-0.39, 0.29) is 36.6 Å². The molecule has 1 fully saturated rings. The van der Waals surface area contributed by atoms with Gasteiger partial charge in [0, 0.05) is 0 Å². The molecule has 0 saturated heterocycles. The van der Waals surface area contributed by atoms with E-state index in [0.29, 0.717) is 17.6 Å². The van der Waals surface area contributed by atoms with Crippen molar-refractivity contribution in [3.8, 4) is 5.75 Å². The van der Waals surface area contributed by atoms with Crippen LogP contribution in [-0.2, 0) is 27.2 Å². The molecule has 0 bridgehead atoms. The van der Waals surface area contributed by atoms with Gasteiger partial charge in [0.1, 0.15) is 11.9 Å². The second-order valence-corrected chi connectivity index (χ2v) is 11.7. The van der Waals surface area contributed by atoms with Crippen molar-refractivity contribution >= 4 is 11.9 Å². The van der Waals surface area contributed by atoms with Crippen LogP contribution in [0.2, 0.25) is 0 Å². The number of carbonyl (C=O) groups excluding carboxylic acids is 1. The highest BCUT2D eigenvalue weighted by molar-refractivity contribution is 5.72. The van der Waals surface area contributed by atoms with Gasteiger partial charge in [-0.25, -0.2) is 4.79 Å². The topological polar surface area (TPSA) is 93.1 Å². The second kappa shape index (κ2) is 15.5. The molecule has 3 rings (SSSR count). The normalized spacial score (nSPS) is 23.8. The predicted octanol–water partition coefficient (Wildman–Crippen LogP) is 6.74. The zero-order valence-corrected chi connectivity index (χ0v) is 23.8. The zero-order valence-electron chi connectivity index (χ0n) is 23.8. The Morgan fingerprint density at radius 2 is 1.76 bits per heavy atom. The van der Waals surface area contributed by atoms with Crippen LogP contribution in [0.3, 0.4) is 0 Å². The summed E-state index contributed by atoms with van der Waals surface area (Å²) in [5, 5.41) is 19.8. The van der Waals surface area contributed by atoms with Crippen molar-refractivity contribution in [2.75, 3.05) is 6.61 Å². The maximum absolute atomic E-state index is 12.8. The van der Waals surface area contributed by atoms with Crippen LogP contribution in [0.15, 0.2) is 18.2 Å². The number of aliphatic hydroxyl groups is 1. The first-order chi connectivity index (χ1) is 18.3. The molecule has 38 heavy (non-hydrogen) atoms. The second-order valence-electron chi connectivity index (χ2n) is 11.7. The van der Waals surface area contributed by atoms with Gasteiger partial charge in [-0.2, -0.15) is 0 Å². The Kier molecular flexibility index (Phi) is 12.4. The third kappa shape index (κ3) is 8.72. The van der Waals surface area contributed by atoms with Gasteiger partial charge in [-0.3, -0.25) is 4.79 Å². The van der Waals surface area contributed by atoms with Gasteiger partial charge in [-0.1, -0.05) is 77.8 Å². The minimum Gasteiger partial charge on any atom is -0.482 e. The van der Waals surface area contributed by atoms with E-state index in [2.05, 4.69) is 13.0 Å². The maximum atomic E-state index is 12.8. The summed E-state index contributed by atoms with van der Waals surface area (Å²) >= 11 is 0. The number of hydrogen-bond donors (Lipinski definition) is 2. The van der Waals surface area contributed by atoms with Crippen molar-refractivity contribution in [1.29, 1.82) is 0 Å². The number of fused-ring (bicyclic) bond motifs is 2. The van der Waals surface area contributed by atoms with Crippen LogP contribution in [0, 0.1) is 23.7 Å². The number of unbranched alkanes of at least 4 members (excludes halogenated alkanes) is 6. The number of benzene rings is 1. The molecule has 2 aliphatic carbocycles. The van der Waals surface area contributed by atoms with E-state index in [1.807, 2.05) is 26.0 Å². The number of carboxylic acids is 1. The summed E-state index contributed by atoms with van der Waals surface area (Å²) in [6.07, 6.45) is 14.0. The molecule has 0 aromatic heterocycles. The Balaban J connectivity index is 1.62. The molecule has 2 N–H and O–H groups in total. The van der Waals surface area contributed by atoms with Gasteiger partial charge in [0.2, 0.25) is 0 Å². The molecule has 0 aliphatic heterocycles. The minimum absolute atomic E-state index is 0.116. The highest BCUT2D eigenvalue weighted by Crippen LogP contribution is 2.49. The Hall–Kier alpha value is -2.08. The molecule has 2 aliphatic rings. The summed E-state index contributed by atoms with van der Waals surface area (Å²) in [4.78, 5) is 23.8. The van der Waals surface area contributed by atoms with Crippen LogP contribution in [0.4, 0.5) is 0 Å². The lowest BCUT2D eigenvalue weighted by molar-refractivity contribution is -0.156. The van der Waals surface area contributed by atoms with Crippen molar-refractivity contribution in [3.63, 3.8) is 0 Å². The molecule has 6 atom stereocenters. The number of carboxylic acid groups (broad SMARTS) is 1. The summed E-state index contributed by atoms with van der Waals surface area (Å²) in [5.74, 6) is 0.416. The number of rotatable bonds is 17. The van der Waals surface area contributed by atoms with Crippen LogP contribution < -0.4 is 4.74 Å². The van der Waals surface area contributed by atoms with E-state index in [9.17, 15) is 14.7 Å². The third-order valence-electron chi connectivity index (χ3n) is 8.93. The highest BCUT2D eigenvalue weighted by Gasteiger charge is 2.47. The Bertz CT molecular complexity index is 883. The number of aliphatic hydroxyl groups excluding tert-OH is 1. The van der Waals surface area contributed by atoms with E-state index in [4.69, 9.17) is 14.6 Å². The van der Waals surface area contributed by atoms with Crippen molar-refractivity contribution in [2.24, 2.45) is 23.7 Å². The molecule has 0 heterocycles. The van der Waals surface area contributed by atoms with Gasteiger partial charge in [-0.05, 0) is 79.9 Å². The largest absolute Gasteiger partial charge is 0.482 e. The van der Waals surface area contributed by atoms with Crippen molar-refractivity contribution < 1.29 is 29.3 Å². The number of carbonyl (C=O) groups is 2. The van der Waals surface area contributed by atoms with Crippen LogP contribution >= 0.6 is 0 Å². The van der Waals surface area contributed by atoms with Crippen molar-refractivity contribution in [3.05, 3.63) is 29.3 Å². The van der Waals surface area contributed by atoms with Crippen LogP contribution in [0.5, 0.6) is 5.75 Å². The summed E-state index contributed by atoms with van der Waals surface area (Å²) in [7, 11) is 0. The first-order valence-electron chi connectivity index (χ1n) is 15.2. The van der Waals surface area contributed by atoms with E-state index in [0.717, 1.165) is 56.9 Å². The molecular weight excluding hydrogens is 480 g/mol. The van der Waals surface area contributed by atoms with Gasteiger partial charge in [0.15, 0.2) is 6.61 Å². The quantitative estimate of drug-likeness (QED) is 0.171. The van der Waals surface area contributed by atoms with Crippen molar-refractivity contribution in [2.45, 2.75) is 123 Å². The lowest BCUT2D eigenvalue weighted by Gasteiger charge is -2.33. The first kappa shape index (κ1) is 30.5. The van der Waals surface area contributed by atoms with Gasteiger partial charge in [0.25, 0.3) is 0 Å². The molecule has 0 amide bonds. The SMILES string of the molecule is CCCCCCCCC[C@H](O)CC[C@@H]1[C@H]2Cc3cccc(OCC(=O)O)c3C[C@H]2C[C@H]1OC(=O)[C@@H](C)CC. The van der Waals surface area contributed by atoms with Gasteiger partial charge in [-0.15, -0.1) is 0 Å². The summed E-state index contributed by atoms with van der Waals surface area (Å²) in [5.41, 5.74) is 2.30. The molecule has 1 saturated carbocycles. The fraction of sp³-hybridized carbons (Fsp3) is 0.750. The van der Waals surface area contributed by atoms with Crippen LogP contribution in [0.25, 0.3) is 0 Å². The first-order valence-corrected chi connectivity index (χ1v) is 15.2. The molecule has 6 nitrogen and oxygen atoms in total. The minimum atomic E-state index is -0.982. The lowest BCUT2D eigenvalue weighted by Crippen LogP contribution is -2.30. The van der Waals surface area contributed by atoms with Crippen molar-refractivity contribution in [1.82, 2.24) is 0 Å². The Labute approximate surface area is 229 Å². The average molecular weight is 531 g/mol. The standard InChI is InChI=1S/C32H50O6/c1-4-6-7-8-9-10-11-14-25(33)16-17-26-27-18-23-13-12-15-29(37-21-31(34)35)28(23)19-24(27)20-30(26)38-32(36)22(3)5-2/h12-13,15,22,24-27,30,33H,4-11,14,16-21H2,1-3H3,(H,34,35)/t22-,24-,25-,26+,27-,30+/m0/s1. The molecule has 1 aromatic rings. The third-order valence-corrected chi connectivity index (χ3v) is 8.93. The van der Waals surface area contributed by atoms with Gasteiger partial charge >= 0.3 is 11.9 Å². The summed E-state index contributed by atoms with van der Waals surface area (Å²) in [6, 6.07) is 5.91. The van der Waals surface area contributed by atoms with E-state index in [1.165, 1.54) is 44.1 Å². The molecule has 6 heteroatoms. The lowest BCUT2D eigenvalue weighted by atomic mass is 9.73. The molecule has 1 aromatic carbocycles. The maximum Gasteiger partial charge on any atom is 0.341 e. The zero-order chi connectivity index (χ0) is 27.5. The summed E-state index contributed by atoms with van der Waals surface area (Å²) in [6.45, 7) is 5.82. The van der Waals surface area contributed by atoms with E-state index in [1.54, 1.807) is 0 Å². The number of esters is 1. The number of aliphatic carboxylic acids is 1. The molecule has 214 valence electrons.